The molecule has 0 atom stereocenters. The fraction of sp³-hybridized carbons (Fsp3) is 0.100. The molecule has 0 N–H and O–H groups in total. The van der Waals surface area contributed by atoms with Crippen molar-refractivity contribution in [3.05, 3.63) is 91.0 Å². The minimum atomic E-state index is -10.7. The van der Waals surface area contributed by atoms with Crippen LogP contribution in [0.3, 0.4) is 0 Å². The molecule has 0 bridgehead atoms. The number of benzene rings is 3. The van der Waals surface area contributed by atoms with E-state index in [1.165, 1.54) is 15.9 Å². The molecule has 0 unspecified atom stereocenters. The van der Waals surface area contributed by atoms with Crippen LogP contribution in [-0.2, 0) is 0 Å². The van der Waals surface area contributed by atoms with Crippen molar-refractivity contribution in [2.24, 2.45) is 0 Å². The van der Waals surface area contributed by atoms with Crippen LogP contribution in [0.15, 0.2) is 91.0 Å². The number of hydrogen-bond acceptors (Lipinski definition) is 0. The van der Waals surface area contributed by atoms with E-state index >= 15 is 0 Å². The summed E-state index contributed by atoms with van der Waals surface area (Å²) < 4.78 is 59.2. The van der Waals surface area contributed by atoms with Gasteiger partial charge in [-0.15, -0.1) is 0 Å². The molecule has 0 saturated carbocycles. The van der Waals surface area contributed by atoms with Gasteiger partial charge in [0.2, 0.25) is 0 Å². The van der Waals surface area contributed by atoms with Crippen LogP contribution < -0.4 is 45.5 Å². The Morgan fingerprint density at radius 1 is 0.552 bits per heavy atom. The second-order valence-corrected chi connectivity index (χ2v) is 11.8. The van der Waals surface area contributed by atoms with Crippen molar-refractivity contribution in [2.45, 2.75) is 6.92 Å². The van der Waals surface area contributed by atoms with Gasteiger partial charge in [0.1, 0.15) is 23.2 Å². The SMILES string of the molecule is CC[P+](c1ccccc1)(c1ccccc1)c1ccccc1.F[P-](F)(F)(F)(F)F.[Na+]. The quantitative estimate of drug-likeness (QED) is 0.309. The molecule has 3 rings (SSSR count). The standard InChI is InChI=1S/C20H20P.F6P.Na/c1-2-21(18-12-6-3-7-13-18,19-14-8-4-9-15-19)20-16-10-5-11-17-20;1-7(2,3,4,5)6;/h3-17H,2H2,1H3;;/q+1;-1;+1. The van der Waals surface area contributed by atoms with Gasteiger partial charge in [-0.25, -0.2) is 0 Å². The van der Waals surface area contributed by atoms with Crippen LogP contribution >= 0.6 is 15.1 Å². The molecule has 0 amide bonds. The summed E-state index contributed by atoms with van der Waals surface area (Å²) in [5.41, 5.74) is 0. The van der Waals surface area contributed by atoms with Crippen LogP contribution in [-0.4, -0.2) is 6.16 Å². The monoisotopic (exact) mass is 459 g/mol. The number of halogens is 6. The Labute approximate surface area is 189 Å². The molecule has 0 aliphatic heterocycles. The van der Waals surface area contributed by atoms with E-state index in [-0.39, 0.29) is 29.6 Å². The van der Waals surface area contributed by atoms with Crippen LogP contribution in [0.5, 0.6) is 0 Å². The molecule has 0 nitrogen and oxygen atoms in total. The Hall–Kier alpha value is -0.900. The first-order valence-corrected chi connectivity index (χ1v) is 12.4. The second kappa shape index (κ2) is 9.08. The fourth-order valence-corrected chi connectivity index (χ4v) is 7.08. The summed E-state index contributed by atoms with van der Waals surface area (Å²) >= 11 is 0. The van der Waals surface area contributed by atoms with E-state index < -0.39 is 15.1 Å². The van der Waals surface area contributed by atoms with E-state index in [1.54, 1.807) is 0 Å². The Bertz CT molecular complexity index is 778. The van der Waals surface area contributed by atoms with E-state index in [1.807, 2.05) is 0 Å². The van der Waals surface area contributed by atoms with Gasteiger partial charge in [0.15, 0.2) is 0 Å². The van der Waals surface area contributed by atoms with Gasteiger partial charge in [-0.3, -0.25) is 0 Å². The van der Waals surface area contributed by atoms with Crippen LogP contribution in [0.2, 0.25) is 0 Å². The zero-order valence-corrected chi connectivity index (χ0v) is 19.8. The predicted molar refractivity (Wildman–Crippen MR) is 109 cm³/mol. The third kappa shape index (κ3) is 8.78. The molecule has 0 aromatic heterocycles. The second-order valence-electron chi connectivity index (χ2n) is 6.09. The average Bonchev–Trinajstić information content (AvgIpc) is 2.63. The van der Waals surface area contributed by atoms with Crippen LogP contribution in [0.4, 0.5) is 25.2 Å². The summed E-state index contributed by atoms with van der Waals surface area (Å²) in [7, 11) is -12.2. The van der Waals surface area contributed by atoms with E-state index in [4.69, 9.17) is 0 Å². The molecule has 9 heteroatoms. The Morgan fingerprint density at radius 2 is 0.759 bits per heavy atom. The molecule has 0 aliphatic carbocycles. The van der Waals surface area contributed by atoms with Crippen molar-refractivity contribution in [1.29, 1.82) is 0 Å². The van der Waals surface area contributed by atoms with Crippen molar-refractivity contribution >= 4 is 31.0 Å². The van der Waals surface area contributed by atoms with Crippen molar-refractivity contribution < 1.29 is 54.7 Å². The third-order valence-electron chi connectivity index (χ3n) is 4.07. The van der Waals surface area contributed by atoms with E-state index in [2.05, 4.69) is 97.9 Å². The summed E-state index contributed by atoms with van der Waals surface area (Å²) in [6.45, 7) is 2.32. The van der Waals surface area contributed by atoms with Crippen molar-refractivity contribution in [2.75, 3.05) is 6.16 Å². The Balaban J connectivity index is 0.000000456. The summed E-state index contributed by atoms with van der Waals surface area (Å²) in [5, 5.41) is 4.39. The summed E-state index contributed by atoms with van der Waals surface area (Å²) in [6, 6.07) is 33.0. The van der Waals surface area contributed by atoms with E-state index in [9.17, 15) is 25.2 Å². The minimum Gasteiger partial charge on any atom is 1.00 e. The van der Waals surface area contributed by atoms with Crippen LogP contribution in [0.1, 0.15) is 6.92 Å². The van der Waals surface area contributed by atoms with E-state index in [0.717, 1.165) is 6.16 Å². The molecule has 0 radical (unpaired) electrons. The van der Waals surface area contributed by atoms with Crippen LogP contribution in [0, 0.1) is 0 Å². The van der Waals surface area contributed by atoms with Crippen LogP contribution in [0.25, 0.3) is 0 Å². The largest absolute Gasteiger partial charge is 1.00 e. The third-order valence-corrected chi connectivity index (χ3v) is 8.55. The van der Waals surface area contributed by atoms with Gasteiger partial charge in [-0.05, 0) is 43.3 Å². The number of hydrogen-bond donors (Lipinski definition) is 0. The van der Waals surface area contributed by atoms with Gasteiger partial charge in [0.25, 0.3) is 0 Å². The molecule has 3 aromatic rings. The Morgan fingerprint density at radius 3 is 0.931 bits per heavy atom. The van der Waals surface area contributed by atoms with Gasteiger partial charge in [-0.2, -0.15) is 0 Å². The van der Waals surface area contributed by atoms with Gasteiger partial charge < -0.3 is 0 Å². The van der Waals surface area contributed by atoms with Crippen molar-refractivity contribution in [1.82, 2.24) is 0 Å². The molecule has 0 saturated heterocycles. The maximum absolute atomic E-state index is 10.7. The average molecular weight is 459 g/mol. The minimum absolute atomic E-state index is 0. The van der Waals surface area contributed by atoms with Gasteiger partial charge >= 0.3 is 62.5 Å². The molecule has 0 spiro atoms. The molecular weight excluding hydrogens is 439 g/mol. The molecule has 29 heavy (non-hydrogen) atoms. The van der Waals surface area contributed by atoms with Gasteiger partial charge in [0, 0.05) is 0 Å². The summed E-state index contributed by atoms with van der Waals surface area (Å²) in [4.78, 5) is 0. The fourth-order valence-electron chi connectivity index (χ4n) is 3.04. The first kappa shape index (κ1) is 26.1. The molecular formula is C20H20F6NaP2+. The molecule has 0 aliphatic rings. The number of rotatable bonds is 4. The topological polar surface area (TPSA) is 0 Å². The van der Waals surface area contributed by atoms with E-state index in [0.29, 0.717) is 0 Å². The maximum Gasteiger partial charge on any atom is 1.00 e. The first-order valence-electron chi connectivity index (χ1n) is 8.44. The summed E-state index contributed by atoms with van der Waals surface area (Å²) in [5.74, 6) is 0. The Kier molecular flexibility index (Phi) is 8.18. The summed E-state index contributed by atoms with van der Waals surface area (Å²) in [6.07, 6.45) is 1.14. The maximum atomic E-state index is 9.87. The molecule has 152 valence electrons. The predicted octanol–water partition coefficient (Wildman–Crippen LogP) is 4.39. The van der Waals surface area contributed by atoms with Gasteiger partial charge in [-0.1, -0.05) is 54.6 Å². The smallest absolute Gasteiger partial charge is 1.00 e. The molecule has 3 aromatic carbocycles. The normalized spacial score (nSPS) is 13.8. The van der Waals surface area contributed by atoms with Crippen molar-refractivity contribution in [3.8, 4) is 0 Å². The zero-order valence-electron chi connectivity index (χ0n) is 16.0. The first-order chi connectivity index (χ1) is 12.8. The zero-order chi connectivity index (χ0) is 21.0. The molecule has 0 heterocycles. The van der Waals surface area contributed by atoms with Crippen molar-refractivity contribution in [3.63, 3.8) is 0 Å². The molecule has 0 fully saturated rings. The van der Waals surface area contributed by atoms with Gasteiger partial charge in [0.05, 0.1) is 6.16 Å².